The lowest BCUT2D eigenvalue weighted by Crippen LogP contribution is -2.22. The molecule has 0 unspecified atom stereocenters. The van der Waals surface area contributed by atoms with Gasteiger partial charge in [0.05, 0.1) is 15.7 Å². The van der Waals surface area contributed by atoms with Gasteiger partial charge in [-0.1, -0.05) is 43.1 Å². The molecule has 0 bridgehead atoms. The van der Waals surface area contributed by atoms with Crippen molar-refractivity contribution in [2.45, 2.75) is 26.7 Å². The summed E-state index contributed by atoms with van der Waals surface area (Å²) in [4.78, 5) is 11.9. The number of anilines is 1. The number of hydrogen-bond donors (Lipinski definition) is 1. The van der Waals surface area contributed by atoms with Gasteiger partial charge in [-0.15, -0.1) is 0 Å². The fourth-order valence-corrected chi connectivity index (χ4v) is 1.99. The molecule has 0 saturated heterocycles. The van der Waals surface area contributed by atoms with E-state index in [0.29, 0.717) is 15.7 Å². The third-order valence-electron chi connectivity index (χ3n) is 2.57. The van der Waals surface area contributed by atoms with E-state index in [1.54, 1.807) is 18.2 Å². The van der Waals surface area contributed by atoms with Crippen molar-refractivity contribution < 1.29 is 4.79 Å². The average molecular weight is 260 g/mol. The van der Waals surface area contributed by atoms with Crippen LogP contribution < -0.4 is 5.32 Å². The van der Waals surface area contributed by atoms with Gasteiger partial charge in [-0.2, -0.15) is 0 Å². The van der Waals surface area contributed by atoms with Crippen LogP contribution in [0.5, 0.6) is 0 Å². The number of amides is 1. The molecular formula is C12H15Cl2NO. The number of para-hydroxylation sites is 1. The second kappa shape index (κ2) is 6.12. The largest absolute Gasteiger partial charge is 0.323 e. The molecule has 0 radical (unpaired) electrons. The Morgan fingerprint density at radius 3 is 2.19 bits per heavy atom. The van der Waals surface area contributed by atoms with Crippen LogP contribution in [0.25, 0.3) is 0 Å². The van der Waals surface area contributed by atoms with Crippen LogP contribution in [0.4, 0.5) is 5.69 Å². The molecule has 0 aliphatic rings. The van der Waals surface area contributed by atoms with Crippen LogP contribution in [0.2, 0.25) is 10.0 Å². The Hall–Kier alpha value is -0.730. The van der Waals surface area contributed by atoms with Gasteiger partial charge < -0.3 is 5.32 Å². The molecule has 2 nitrogen and oxygen atoms in total. The van der Waals surface area contributed by atoms with Gasteiger partial charge >= 0.3 is 0 Å². The molecule has 0 atom stereocenters. The Morgan fingerprint density at radius 1 is 1.25 bits per heavy atom. The van der Waals surface area contributed by atoms with Gasteiger partial charge in [0.2, 0.25) is 5.91 Å². The lowest BCUT2D eigenvalue weighted by molar-refractivity contribution is -0.120. The predicted molar refractivity (Wildman–Crippen MR) is 69.2 cm³/mol. The second-order valence-corrected chi connectivity index (χ2v) is 4.41. The summed E-state index contributed by atoms with van der Waals surface area (Å²) in [7, 11) is 0. The Morgan fingerprint density at radius 2 is 1.75 bits per heavy atom. The van der Waals surface area contributed by atoms with Gasteiger partial charge in [0.15, 0.2) is 0 Å². The second-order valence-electron chi connectivity index (χ2n) is 3.60. The molecule has 0 saturated carbocycles. The summed E-state index contributed by atoms with van der Waals surface area (Å²) in [5.74, 6) is -0.0210. The SMILES string of the molecule is CCC(CC)C(=O)Nc1c(Cl)cccc1Cl. The molecule has 0 fully saturated rings. The van der Waals surface area contributed by atoms with E-state index < -0.39 is 0 Å². The van der Waals surface area contributed by atoms with Gasteiger partial charge in [-0.25, -0.2) is 0 Å². The third-order valence-corrected chi connectivity index (χ3v) is 3.20. The monoisotopic (exact) mass is 259 g/mol. The summed E-state index contributed by atoms with van der Waals surface area (Å²) < 4.78 is 0. The fourth-order valence-electron chi connectivity index (χ4n) is 1.50. The van der Waals surface area contributed by atoms with Crippen molar-refractivity contribution in [2.75, 3.05) is 5.32 Å². The standard InChI is InChI=1S/C12H15Cl2NO/c1-3-8(4-2)12(16)15-11-9(13)6-5-7-10(11)14/h5-8H,3-4H2,1-2H3,(H,15,16). The smallest absolute Gasteiger partial charge is 0.227 e. The first-order chi connectivity index (χ1) is 7.60. The normalized spacial score (nSPS) is 10.6. The number of benzene rings is 1. The molecule has 4 heteroatoms. The van der Waals surface area contributed by atoms with E-state index in [2.05, 4.69) is 5.32 Å². The Balaban J connectivity index is 2.84. The maximum atomic E-state index is 11.9. The van der Waals surface area contributed by atoms with Gasteiger partial charge in [0.25, 0.3) is 0 Å². The highest BCUT2D eigenvalue weighted by molar-refractivity contribution is 6.39. The molecule has 1 aromatic rings. The zero-order valence-electron chi connectivity index (χ0n) is 9.39. The Kier molecular flexibility index (Phi) is 5.10. The molecule has 1 amide bonds. The summed E-state index contributed by atoms with van der Waals surface area (Å²) in [6.07, 6.45) is 1.62. The van der Waals surface area contributed by atoms with Crippen LogP contribution >= 0.6 is 23.2 Å². The minimum atomic E-state index is -0.0278. The van der Waals surface area contributed by atoms with E-state index in [4.69, 9.17) is 23.2 Å². The van der Waals surface area contributed by atoms with Crippen LogP contribution in [-0.4, -0.2) is 5.91 Å². The first-order valence-corrected chi connectivity index (χ1v) is 6.10. The molecule has 1 aromatic carbocycles. The molecular weight excluding hydrogens is 245 g/mol. The number of carbonyl (C=O) groups is 1. The van der Waals surface area contributed by atoms with Gasteiger partial charge in [-0.3, -0.25) is 4.79 Å². The highest BCUT2D eigenvalue weighted by Gasteiger charge is 2.16. The number of rotatable bonds is 4. The van der Waals surface area contributed by atoms with Crippen molar-refractivity contribution in [1.29, 1.82) is 0 Å². The predicted octanol–water partition coefficient (Wildman–Crippen LogP) is 4.37. The van der Waals surface area contributed by atoms with Crippen LogP contribution in [0.15, 0.2) is 18.2 Å². The van der Waals surface area contributed by atoms with Crippen molar-refractivity contribution in [3.05, 3.63) is 28.2 Å². The van der Waals surface area contributed by atoms with Crippen molar-refractivity contribution in [3.63, 3.8) is 0 Å². The summed E-state index contributed by atoms with van der Waals surface area (Å²) in [6, 6.07) is 5.16. The average Bonchev–Trinajstić information content (AvgIpc) is 2.25. The number of carbonyl (C=O) groups excluding carboxylic acids is 1. The van der Waals surface area contributed by atoms with Crippen molar-refractivity contribution >= 4 is 34.8 Å². The molecule has 0 spiro atoms. The lowest BCUT2D eigenvalue weighted by atomic mass is 10.0. The van der Waals surface area contributed by atoms with E-state index >= 15 is 0 Å². The van der Waals surface area contributed by atoms with E-state index in [1.165, 1.54) is 0 Å². The summed E-state index contributed by atoms with van der Waals surface area (Å²) in [6.45, 7) is 3.98. The molecule has 16 heavy (non-hydrogen) atoms. The van der Waals surface area contributed by atoms with Crippen molar-refractivity contribution in [3.8, 4) is 0 Å². The molecule has 0 aliphatic carbocycles. The molecule has 0 heterocycles. The Labute approximate surface area is 106 Å². The van der Waals surface area contributed by atoms with Crippen LogP contribution in [0.1, 0.15) is 26.7 Å². The first kappa shape index (κ1) is 13.3. The summed E-state index contributed by atoms with van der Waals surface area (Å²) in [5, 5.41) is 3.71. The van der Waals surface area contributed by atoms with E-state index in [0.717, 1.165) is 12.8 Å². The van der Waals surface area contributed by atoms with Crippen LogP contribution in [0.3, 0.4) is 0 Å². The zero-order valence-corrected chi connectivity index (χ0v) is 10.9. The number of hydrogen-bond acceptors (Lipinski definition) is 1. The zero-order chi connectivity index (χ0) is 12.1. The minimum Gasteiger partial charge on any atom is -0.323 e. The summed E-state index contributed by atoms with van der Waals surface area (Å²) in [5.41, 5.74) is 0.503. The van der Waals surface area contributed by atoms with Crippen molar-refractivity contribution in [2.24, 2.45) is 5.92 Å². The lowest BCUT2D eigenvalue weighted by Gasteiger charge is -2.14. The molecule has 1 rings (SSSR count). The van der Waals surface area contributed by atoms with Gasteiger partial charge in [-0.05, 0) is 25.0 Å². The quantitative estimate of drug-likeness (QED) is 0.855. The number of nitrogens with one attached hydrogen (secondary N) is 1. The molecule has 0 aromatic heterocycles. The minimum absolute atomic E-state index is 0.00680. The van der Waals surface area contributed by atoms with Crippen molar-refractivity contribution in [1.82, 2.24) is 0 Å². The summed E-state index contributed by atoms with van der Waals surface area (Å²) >= 11 is 11.9. The van der Waals surface area contributed by atoms with Gasteiger partial charge in [0.1, 0.15) is 0 Å². The molecule has 88 valence electrons. The third kappa shape index (κ3) is 3.13. The maximum absolute atomic E-state index is 11.9. The van der Waals surface area contributed by atoms with E-state index in [1.807, 2.05) is 13.8 Å². The molecule has 1 N–H and O–H groups in total. The van der Waals surface area contributed by atoms with Gasteiger partial charge in [0, 0.05) is 5.92 Å². The highest BCUT2D eigenvalue weighted by Crippen LogP contribution is 2.30. The fraction of sp³-hybridized carbons (Fsp3) is 0.417. The van der Waals surface area contributed by atoms with E-state index in [9.17, 15) is 4.79 Å². The highest BCUT2D eigenvalue weighted by atomic mass is 35.5. The van der Waals surface area contributed by atoms with Crippen LogP contribution in [0, 0.1) is 5.92 Å². The van der Waals surface area contributed by atoms with E-state index in [-0.39, 0.29) is 11.8 Å². The number of halogens is 2. The first-order valence-electron chi connectivity index (χ1n) is 5.35. The topological polar surface area (TPSA) is 29.1 Å². The van der Waals surface area contributed by atoms with Crippen LogP contribution in [-0.2, 0) is 4.79 Å². The Bertz CT molecular complexity index is 355. The molecule has 0 aliphatic heterocycles. The maximum Gasteiger partial charge on any atom is 0.227 e.